The van der Waals surface area contributed by atoms with Crippen LogP contribution in [0.15, 0.2) is 5.16 Å². The number of β-amino-alcohol motifs (C(OH)–C–C–N with tert-alkyl or cyclic N) is 1. The second-order valence-corrected chi connectivity index (χ2v) is 3.84. The minimum absolute atomic E-state index is 0.203. The molecule has 2 atom stereocenters. The number of hydrogen-bond acceptors (Lipinski definition) is 5. The average Bonchev–Trinajstić information content (AvgIpc) is 2.18. The van der Waals surface area contributed by atoms with E-state index in [0.29, 0.717) is 6.54 Å². The van der Waals surface area contributed by atoms with Gasteiger partial charge in [-0.1, -0.05) is 12.1 Å². The fourth-order valence-corrected chi connectivity index (χ4v) is 1.77. The second kappa shape index (κ2) is 5.29. The summed E-state index contributed by atoms with van der Waals surface area (Å²) in [6.07, 6.45) is 0.0605. The van der Waals surface area contributed by atoms with Crippen molar-refractivity contribution in [3.63, 3.8) is 0 Å². The maximum atomic E-state index is 9.25. The van der Waals surface area contributed by atoms with Crippen molar-refractivity contribution >= 4 is 5.71 Å². The molecule has 1 fully saturated rings. The first-order valence-corrected chi connectivity index (χ1v) is 4.89. The average molecular weight is 202 g/mol. The molecule has 0 aromatic heterocycles. The quantitative estimate of drug-likeness (QED) is 0.426. The van der Waals surface area contributed by atoms with Gasteiger partial charge < -0.3 is 15.4 Å². The number of likely N-dealkylation sites (tertiary alicyclic amines) is 1. The summed E-state index contributed by atoms with van der Waals surface area (Å²) in [7, 11) is 0. The van der Waals surface area contributed by atoms with Crippen LogP contribution in [0.4, 0.5) is 0 Å². The lowest BCUT2D eigenvalue weighted by molar-refractivity contribution is 0.0552. The fourth-order valence-electron chi connectivity index (χ4n) is 1.77. The zero-order valence-electron chi connectivity index (χ0n) is 8.43. The normalized spacial score (nSPS) is 29.4. The number of oxime groups is 1. The van der Waals surface area contributed by atoms with E-state index in [-0.39, 0.29) is 12.5 Å². The van der Waals surface area contributed by atoms with E-state index < -0.39 is 6.10 Å². The first-order valence-electron chi connectivity index (χ1n) is 4.89. The molecule has 0 aromatic rings. The Morgan fingerprint density at radius 2 is 2.36 bits per heavy atom. The summed E-state index contributed by atoms with van der Waals surface area (Å²) in [6.45, 7) is 3.83. The van der Waals surface area contributed by atoms with E-state index in [4.69, 9.17) is 10.3 Å². The molecule has 0 aromatic carbocycles. The van der Waals surface area contributed by atoms with E-state index in [1.165, 1.54) is 0 Å². The zero-order chi connectivity index (χ0) is 10.6. The zero-order valence-corrected chi connectivity index (χ0v) is 8.43. The summed E-state index contributed by atoms with van der Waals surface area (Å²) < 4.78 is 0. The van der Waals surface area contributed by atoms with Crippen molar-refractivity contribution in [2.24, 2.45) is 11.1 Å². The van der Waals surface area contributed by atoms with Crippen LogP contribution >= 0.6 is 0 Å². The van der Waals surface area contributed by atoms with E-state index in [1.807, 2.05) is 6.92 Å². The largest absolute Gasteiger partial charge is 0.411 e. The Kier molecular flexibility index (Phi) is 4.31. The molecule has 14 heavy (non-hydrogen) atoms. The van der Waals surface area contributed by atoms with Crippen molar-refractivity contribution in [3.05, 3.63) is 0 Å². The molecule has 1 saturated heterocycles. The number of aliphatic hydroxyl groups excluding tert-OH is 2. The second-order valence-electron chi connectivity index (χ2n) is 3.84. The van der Waals surface area contributed by atoms with Gasteiger partial charge in [0, 0.05) is 32.0 Å². The summed E-state index contributed by atoms with van der Waals surface area (Å²) in [6, 6.07) is 0. The monoisotopic (exact) mass is 202 g/mol. The maximum Gasteiger partial charge on any atom is 0.0897 e. The van der Waals surface area contributed by atoms with Crippen molar-refractivity contribution in [2.75, 3.05) is 26.2 Å². The Morgan fingerprint density at radius 3 is 2.86 bits per heavy atom. The molecule has 0 aliphatic carbocycles. The lowest BCUT2D eigenvalue weighted by Crippen LogP contribution is -2.44. The summed E-state index contributed by atoms with van der Waals surface area (Å²) in [4.78, 5) is 2.07. The van der Waals surface area contributed by atoms with Crippen LogP contribution < -0.4 is 0 Å². The van der Waals surface area contributed by atoms with Crippen molar-refractivity contribution in [2.45, 2.75) is 19.4 Å². The van der Waals surface area contributed by atoms with E-state index in [9.17, 15) is 5.11 Å². The molecule has 5 heteroatoms. The van der Waals surface area contributed by atoms with Crippen molar-refractivity contribution in [1.29, 1.82) is 0 Å². The summed E-state index contributed by atoms with van der Waals surface area (Å²) in [5, 5.41) is 29.8. The van der Waals surface area contributed by atoms with E-state index in [0.717, 1.165) is 25.2 Å². The molecule has 0 bridgehead atoms. The Labute approximate surface area is 83.6 Å². The molecular weight excluding hydrogens is 184 g/mol. The molecule has 0 spiro atoms. The highest BCUT2D eigenvalue weighted by molar-refractivity contribution is 5.86. The molecular formula is C9H18N2O3. The van der Waals surface area contributed by atoms with Crippen LogP contribution in [0.2, 0.25) is 0 Å². The highest BCUT2D eigenvalue weighted by Gasteiger charge is 2.23. The minimum Gasteiger partial charge on any atom is -0.411 e. The first-order chi connectivity index (χ1) is 6.67. The fraction of sp³-hybridized carbons (Fsp3) is 0.889. The van der Waals surface area contributed by atoms with Gasteiger partial charge in [0.2, 0.25) is 0 Å². The topological polar surface area (TPSA) is 76.3 Å². The molecule has 0 radical (unpaired) electrons. The third-order valence-electron chi connectivity index (χ3n) is 2.59. The summed E-state index contributed by atoms with van der Waals surface area (Å²) >= 11 is 0. The number of piperidine rings is 1. The van der Waals surface area contributed by atoms with E-state index in [1.54, 1.807) is 0 Å². The van der Waals surface area contributed by atoms with Gasteiger partial charge in [0.25, 0.3) is 0 Å². The van der Waals surface area contributed by atoms with Gasteiger partial charge in [0.05, 0.1) is 18.4 Å². The third-order valence-corrected chi connectivity index (χ3v) is 2.59. The van der Waals surface area contributed by atoms with Gasteiger partial charge in [-0.3, -0.25) is 4.90 Å². The van der Waals surface area contributed by atoms with Gasteiger partial charge in [0.15, 0.2) is 0 Å². The van der Waals surface area contributed by atoms with Crippen LogP contribution in [0, 0.1) is 5.92 Å². The van der Waals surface area contributed by atoms with Gasteiger partial charge in [-0.15, -0.1) is 0 Å². The molecule has 2 unspecified atom stereocenters. The van der Waals surface area contributed by atoms with Crippen molar-refractivity contribution in [3.8, 4) is 0 Å². The number of rotatable bonds is 3. The molecule has 82 valence electrons. The smallest absolute Gasteiger partial charge is 0.0897 e. The Bertz CT molecular complexity index is 208. The standard InChI is InChI=1S/C9H18N2O3/c1-7-4-11(5-8(13)6-12)3-2-9(7)10-14/h7-8,12-14H,2-6H2,1H3. The van der Waals surface area contributed by atoms with E-state index >= 15 is 0 Å². The SMILES string of the molecule is CC1CN(CC(O)CO)CCC1=NO. The Hall–Kier alpha value is -0.650. The van der Waals surface area contributed by atoms with Crippen LogP contribution in [0.1, 0.15) is 13.3 Å². The van der Waals surface area contributed by atoms with Crippen molar-refractivity contribution < 1.29 is 15.4 Å². The van der Waals surface area contributed by atoms with Crippen LogP contribution in [0.3, 0.4) is 0 Å². The predicted octanol–water partition coefficient (Wildman–Crippen LogP) is -0.488. The number of hydrogen-bond donors (Lipinski definition) is 3. The molecule has 1 aliphatic heterocycles. The molecule has 1 heterocycles. The Morgan fingerprint density at radius 1 is 1.64 bits per heavy atom. The van der Waals surface area contributed by atoms with Crippen LogP contribution in [-0.4, -0.2) is 58.4 Å². The number of nitrogens with zero attached hydrogens (tertiary/aromatic N) is 2. The molecule has 0 amide bonds. The molecule has 0 saturated carbocycles. The van der Waals surface area contributed by atoms with Gasteiger partial charge in [-0.2, -0.15) is 0 Å². The lowest BCUT2D eigenvalue weighted by atomic mass is 9.97. The van der Waals surface area contributed by atoms with Gasteiger partial charge >= 0.3 is 0 Å². The third kappa shape index (κ3) is 2.94. The highest BCUT2D eigenvalue weighted by atomic mass is 16.4. The molecule has 1 aliphatic rings. The van der Waals surface area contributed by atoms with Crippen LogP contribution in [0.25, 0.3) is 0 Å². The maximum absolute atomic E-state index is 9.25. The number of aliphatic hydroxyl groups is 2. The highest BCUT2D eigenvalue weighted by Crippen LogP contribution is 2.13. The summed E-state index contributed by atoms with van der Waals surface area (Å²) in [5.41, 5.74) is 0.819. The minimum atomic E-state index is -0.671. The van der Waals surface area contributed by atoms with Gasteiger partial charge in [-0.05, 0) is 0 Å². The Balaban J connectivity index is 2.39. The predicted molar refractivity (Wildman–Crippen MR) is 52.5 cm³/mol. The molecule has 1 rings (SSSR count). The van der Waals surface area contributed by atoms with Crippen LogP contribution in [0.5, 0.6) is 0 Å². The van der Waals surface area contributed by atoms with Crippen molar-refractivity contribution in [1.82, 2.24) is 4.90 Å². The van der Waals surface area contributed by atoms with Gasteiger partial charge in [-0.25, -0.2) is 0 Å². The molecule has 5 nitrogen and oxygen atoms in total. The summed E-state index contributed by atoms with van der Waals surface area (Å²) in [5.74, 6) is 0.222. The first kappa shape index (κ1) is 11.4. The molecule has 3 N–H and O–H groups in total. The van der Waals surface area contributed by atoms with Crippen LogP contribution in [-0.2, 0) is 0 Å². The van der Waals surface area contributed by atoms with Gasteiger partial charge in [0.1, 0.15) is 0 Å². The lowest BCUT2D eigenvalue weighted by Gasteiger charge is -2.32. The van der Waals surface area contributed by atoms with E-state index in [2.05, 4.69) is 10.1 Å².